The van der Waals surface area contributed by atoms with E-state index in [0.29, 0.717) is 0 Å². The third-order valence-corrected chi connectivity index (χ3v) is 2.43. The van der Waals surface area contributed by atoms with Crippen LogP contribution in [-0.4, -0.2) is 35.1 Å². The van der Waals surface area contributed by atoms with Gasteiger partial charge in [-0.25, -0.2) is 9.97 Å². The van der Waals surface area contributed by atoms with Crippen molar-refractivity contribution >= 4 is 5.91 Å². The van der Waals surface area contributed by atoms with Crippen molar-refractivity contribution in [3.05, 3.63) is 18.1 Å². The zero-order valence-electron chi connectivity index (χ0n) is 8.85. The Bertz CT molecular complexity index is 377. The highest BCUT2D eigenvalue weighted by atomic mass is 16.5. The number of carbonyl (C=O) groups is 1. The number of nitrogens with one attached hydrogen (secondary N) is 1. The van der Waals surface area contributed by atoms with Gasteiger partial charge in [0, 0.05) is 18.9 Å². The van der Waals surface area contributed by atoms with Crippen LogP contribution in [0.25, 0.3) is 0 Å². The van der Waals surface area contributed by atoms with E-state index >= 15 is 0 Å². The fraction of sp³-hybridized carbons (Fsp3) is 0.500. The number of aromatic nitrogens is 2. The highest BCUT2D eigenvalue weighted by Gasteiger charge is 2.19. The highest BCUT2D eigenvalue weighted by Crippen LogP contribution is 2.15. The molecule has 1 atom stereocenters. The Morgan fingerprint density at radius 2 is 2.31 bits per heavy atom. The molecule has 16 heavy (non-hydrogen) atoms. The summed E-state index contributed by atoms with van der Waals surface area (Å²) in [5.41, 5.74) is 5.27. The molecule has 1 aromatic heterocycles. The molecular formula is C10H14N4O2. The highest BCUT2D eigenvalue weighted by molar-refractivity contribution is 5.92. The Labute approximate surface area is 93.2 Å². The first-order chi connectivity index (χ1) is 7.77. The summed E-state index contributed by atoms with van der Waals surface area (Å²) in [5.74, 6) is -0.393. The zero-order chi connectivity index (χ0) is 11.4. The number of hydrogen-bond donors (Lipinski definition) is 2. The number of piperidine rings is 1. The van der Waals surface area contributed by atoms with Gasteiger partial charge in [0.1, 0.15) is 6.10 Å². The van der Waals surface area contributed by atoms with Crippen LogP contribution in [0.3, 0.4) is 0 Å². The molecule has 2 rings (SSSR count). The minimum atomic E-state index is -0.619. The molecule has 1 aliphatic heterocycles. The first-order valence-corrected chi connectivity index (χ1v) is 5.25. The van der Waals surface area contributed by atoms with Gasteiger partial charge in [-0.3, -0.25) is 4.79 Å². The largest absolute Gasteiger partial charge is 0.471 e. The lowest BCUT2D eigenvalue weighted by Gasteiger charge is -2.23. The predicted molar refractivity (Wildman–Crippen MR) is 57.1 cm³/mol. The van der Waals surface area contributed by atoms with Gasteiger partial charge in [0.25, 0.3) is 5.91 Å². The quantitative estimate of drug-likeness (QED) is 0.733. The van der Waals surface area contributed by atoms with Crippen LogP contribution in [0.1, 0.15) is 23.3 Å². The van der Waals surface area contributed by atoms with Crippen molar-refractivity contribution in [1.82, 2.24) is 15.3 Å². The number of amides is 1. The second kappa shape index (κ2) is 4.89. The predicted octanol–water partition coefficient (Wildman–Crippen LogP) is -0.294. The summed E-state index contributed by atoms with van der Waals surface area (Å²) in [6.07, 6.45) is 4.94. The molecule has 1 amide bonds. The summed E-state index contributed by atoms with van der Waals surface area (Å²) in [5, 5.41) is 3.21. The molecule has 6 heteroatoms. The Morgan fingerprint density at radius 3 is 3.00 bits per heavy atom. The van der Waals surface area contributed by atoms with E-state index in [2.05, 4.69) is 15.3 Å². The van der Waals surface area contributed by atoms with E-state index in [0.717, 1.165) is 25.9 Å². The third kappa shape index (κ3) is 2.46. The first kappa shape index (κ1) is 10.8. The monoisotopic (exact) mass is 222 g/mol. The second-order valence-corrected chi connectivity index (χ2v) is 3.66. The van der Waals surface area contributed by atoms with Gasteiger partial charge >= 0.3 is 0 Å². The minimum Gasteiger partial charge on any atom is -0.471 e. The molecule has 1 aliphatic rings. The van der Waals surface area contributed by atoms with E-state index in [1.54, 1.807) is 0 Å². The van der Waals surface area contributed by atoms with Gasteiger partial charge in [-0.05, 0) is 19.4 Å². The van der Waals surface area contributed by atoms with Gasteiger partial charge in [0.05, 0.1) is 0 Å². The normalized spacial score (nSPS) is 20.4. The molecular weight excluding hydrogens is 208 g/mol. The molecule has 0 spiro atoms. The van der Waals surface area contributed by atoms with Crippen LogP contribution in [-0.2, 0) is 0 Å². The van der Waals surface area contributed by atoms with Gasteiger partial charge in [-0.15, -0.1) is 0 Å². The summed E-state index contributed by atoms with van der Waals surface area (Å²) in [6, 6.07) is 0. The Hall–Kier alpha value is -1.69. The zero-order valence-corrected chi connectivity index (χ0v) is 8.85. The molecule has 0 bridgehead atoms. The van der Waals surface area contributed by atoms with Crippen molar-refractivity contribution in [1.29, 1.82) is 0 Å². The maximum atomic E-state index is 11.1. The average Bonchev–Trinajstić information content (AvgIpc) is 2.31. The molecule has 3 N–H and O–H groups in total. The molecule has 1 saturated heterocycles. The SMILES string of the molecule is NC(=O)c1nccnc1O[C@H]1CCCNC1. The number of nitrogens with zero attached hydrogens (tertiary/aromatic N) is 2. The molecule has 0 saturated carbocycles. The van der Waals surface area contributed by atoms with Crippen LogP contribution in [0, 0.1) is 0 Å². The summed E-state index contributed by atoms with van der Waals surface area (Å²) >= 11 is 0. The molecule has 2 heterocycles. The van der Waals surface area contributed by atoms with Crippen LogP contribution in [0.15, 0.2) is 12.4 Å². The standard InChI is InChI=1S/C10H14N4O2/c11-9(15)8-10(14-5-4-13-8)16-7-2-1-3-12-6-7/h4-5,7,12H,1-3,6H2,(H2,11,15)/t7-/m0/s1. The van der Waals surface area contributed by atoms with E-state index in [-0.39, 0.29) is 17.7 Å². The maximum absolute atomic E-state index is 11.1. The minimum absolute atomic E-state index is 0.0311. The fourth-order valence-corrected chi connectivity index (χ4v) is 1.66. The fourth-order valence-electron chi connectivity index (χ4n) is 1.66. The summed E-state index contributed by atoms with van der Waals surface area (Å²) in [6.45, 7) is 1.76. The van der Waals surface area contributed by atoms with E-state index < -0.39 is 5.91 Å². The molecule has 1 aromatic rings. The maximum Gasteiger partial charge on any atom is 0.272 e. The number of rotatable bonds is 3. The average molecular weight is 222 g/mol. The van der Waals surface area contributed by atoms with E-state index in [1.807, 2.05) is 0 Å². The number of nitrogens with two attached hydrogens (primary N) is 1. The summed E-state index contributed by atoms with van der Waals surface area (Å²) < 4.78 is 5.61. The number of ether oxygens (including phenoxy) is 1. The van der Waals surface area contributed by atoms with E-state index in [9.17, 15) is 4.79 Å². The number of primary amides is 1. The first-order valence-electron chi connectivity index (χ1n) is 5.25. The van der Waals surface area contributed by atoms with Crippen LogP contribution < -0.4 is 15.8 Å². The van der Waals surface area contributed by atoms with Crippen LogP contribution in [0.2, 0.25) is 0 Å². The Balaban J connectivity index is 2.10. The molecule has 0 aliphatic carbocycles. The topological polar surface area (TPSA) is 90.1 Å². The lowest BCUT2D eigenvalue weighted by atomic mass is 10.1. The lowest BCUT2D eigenvalue weighted by molar-refractivity contribution is 0.0981. The summed E-state index contributed by atoms with van der Waals surface area (Å²) in [7, 11) is 0. The van der Waals surface area contributed by atoms with Crippen molar-refractivity contribution in [2.75, 3.05) is 13.1 Å². The van der Waals surface area contributed by atoms with Gasteiger partial charge in [-0.1, -0.05) is 0 Å². The molecule has 0 unspecified atom stereocenters. The van der Waals surface area contributed by atoms with E-state index in [1.165, 1.54) is 12.4 Å². The van der Waals surface area contributed by atoms with Gasteiger partial charge in [0.15, 0.2) is 5.69 Å². The van der Waals surface area contributed by atoms with Gasteiger partial charge in [-0.2, -0.15) is 0 Å². The smallest absolute Gasteiger partial charge is 0.272 e. The van der Waals surface area contributed by atoms with E-state index in [4.69, 9.17) is 10.5 Å². The number of carbonyl (C=O) groups excluding carboxylic acids is 1. The van der Waals surface area contributed by atoms with Crippen molar-refractivity contribution in [3.63, 3.8) is 0 Å². The Morgan fingerprint density at radius 1 is 1.50 bits per heavy atom. The Kier molecular flexibility index (Phi) is 3.31. The van der Waals surface area contributed by atoms with Gasteiger partial charge < -0.3 is 15.8 Å². The van der Waals surface area contributed by atoms with Crippen molar-refractivity contribution in [3.8, 4) is 5.88 Å². The lowest BCUT2D eigenvalue weighted by Crippen LogP contribution is -2.37. The molecule has 6 nitrogen and oxygen atoms in total. The van der Waals surface area contributed by atoms with Crippen LogP contribution in [0.5, 0.6) is 5.88 Å². The molecule has 0 radical (unpaired) electrons. The molecule has 0 aromatic carbocycles. The second-order valence-electron chi connectivity index (χ2n) is 3.66. The summed E-state index contributed by atoms with van der Waals surface area (Å²) in [4.78, 5) is 18.9. The van der Waals surface area contributed by atoms with Crippen molar-refractivity contribution in [2.45, 2.75) is 18.9 Å². The van der Waals surface area contributed by atoms with Crippen molar-refractivity contribution in [2.24, 2.45) is 5.73 Å². The van der Waals surface area contributed by atoms with Gasteiger partial charge in [0.2, 0.25) is 5.88 Å². The van der Waals surface area contributed by atoms with Crippen LogP contribution >= 0.6 is 0 Å². The third-order valence-electron chi connectivity index (χ3n) is 2.43. The van der Waals surface area contributed by atoms with Crippen LogP contribution in [0.4, 0.5) is 0 Å². The molecule has 86 valence electrons. The molecule has 1 fully saturated rings. The van der Waals surface area contributed by atoms with Crippen molar-refractivity contribution < 1.29 is 9.53 Å². The number of hydrogen-bond acceptors (Lipinski definition) is 5.